The van der Waals surface area contributed by atoms with Gasteiger partial charge in [-0.15, -0.1) is 47.0 Å². The number of nitrogens with two attached hydrogens (primary N) is 2. The molecule has 0 aliphatic carbocycles. The normalized spacial score (nSPS) is 14.5. The lowest BCUT2D eigenvalue weighted by atomic mass is 10.1. The van der Waals surface area contributed by atoms with E-state index in [0.29, 0.717) is 21.4 Å². The number of carboxylic acids is 4. The van der Waals surface area contributed by atoms with Crippen LogP contribution in [0.4, 0.5) is 0 Å². The van der Waals surface area contributed by atoms with Crippen LogP contribution in [0.5, 0.6) is 0 Å². The minimum Gasteiger partial charge on any atom is -0.480 e. The van der Waals surface area contributed by atoms with Gasteiger partial charge in [0, 0.05) is 30.8 Å². The molecule has 2 aromatic rings. The van der Waals surface area contributed by atoms with Gasteiger partial charge in [0.25, 0.3) is 0 Å². The Morgan fingerprint density at radius 2 is 1.10 bits per heavy atom. The quantitative estimate of drug-likeness (QED) is 0.0314. The second-order valence-corrected chi connectivity index (χ2v) is 17.3. The molecule has 62 heavy (non-hydrogen) atoms. The summed E-state index contributed by atoms with van der Waals surface area (Å²) < 4.78 is 0. The number of hydrogen-bond acceptors (Lipinski definition) is 20. The zero-order valence-electron chi connectivity index (χ0n) is 33.5. The van der Waals surface area contributed by atoms with E-state index >= 15 is 0 Å². The Morgan fingerprint density at radius 3 is 1.52 bits per heavy atom. The first-order chi connectivity index (χ1) is 29.3. The Kier molecular flexibility index (Phi) is 24.3. The molecule has 2 heterocycles. The number of nitrogens with one attached hydrogen (secondary N) is 4. The third-order valence-corrected chi connectivity index (χ3v) is 12.3. The molecule has 0 aliphatic heterocycles. The second-order valence-electron chi connectivity index (χ2n) is 13.1. The van der Waals surface area contributed by atoms with Crippen LogP contribution in [0.25, 0.3) is 0 Å². The number of carboxylic acid groups (broad SMARTS) is 4. The van der Waals surface area contributed by atoms with E-state index in [2.05, 4.69) is 41.2 Å². The van der Waals surface area contributed by atoms with Crippen molar-refractivity contribution in [3.63, 3.8) is 0 Å². The number of aliphatic hydroxyl groups excluding tert-OH is 1. The fraction of sp³-hybridized carbons (Fsp3) is 0.543. The molecule has 0 radical (unpaired) electrons. The third-order valence-electron chi connectivity index (χ3n) is 8.39. The highest BCUT2D eigenvalue weighted by Crippen LogP contribution is 2.37. The minimum atomic E-state index is -1.43. The third kappa shape index (κ3) is 20.5. The van der Waals surface area contributed by atoms with Crippen LogP contribution >= 0.6 is 47.0 Å². The lowest BCUT2D eigenvalue weighted by molar-refractivity contribution is -0.140. The van der Waals surface area contributed by atoms with Crippen molar-refractivity contribution in [1.82, 2.24) is 41.2 Å². The number of thioether (sulfide) groups is 4. The van der Waals surface area contributed by atoms with Crippen LogP contribution in [0.2, 0.25) is 0 Å². The molecule has 23 nitrogen and oxygen atoms in total. The van der Waals surface area contributed by atoms with Gasteiger partial charge in [0.1, 0.15) is 53.3 Å². The molecule has 2 rings (SSSR count). The van der Waals surface area contributed by atoms with Gasteiger partial charge in [-0.2, -0.15) is 0 Å². The van der Waals surface area contributed by atoms with E-state index in [4.69, 9.17) is 31.9 Å². The average Bonchev–Trinajstić information content (AvgIpc) is 3.24. The highest BCUT2D eigenvalue weighted by molar-refractivity contribution is 8.00. The van der Waals surface area contributed by atoms with Gasteiger partial charge in [0.2, 0.25) is 17.7 Å². The largest absolute Gasteiger partial charge is 0.480 e. The predicted molar refractivity (Wildman–Crippen MR) is 228 cm³/mol. The molecule has 342 valence electrons. The van der Waals surface area contributed by atoms with Gasteiger partial charge in [-0.1, -0.05) is 0 Å². The number of carbonyl (C=O) groups excluding carboxylic acids is 4. The Morgan fingerprint density at radius 1 is 0.645 bits per heavy atom. The molecular weight excluding hydrogens is 897 g/mol. The van der Waals surface area contributed by atoms with Crippen LogP contribution < -0.4 is 32.7 Å². The first-order valence-electron chi connectivity index (χ1n) is 18.5. The zero-order valence-corrected chi connectivity index (χ0v) is 36.8. The predicted octanol–water partition coefficient (Wildman–Crippen LogP) is -1.14. The molecule has 3 unspecified atom stereocenters. The molecule has 0 spiro atoms. The summed E-state index contributed by atoms with van der Waals surface area (Å²) in [5.41, 5.74) is 11.7. The zero-order chi connectivity index (χ0) is 46.4. The van der Waals surface area contributed by atoms with Gasteiger partial charge in [-0.3, -0.25) is 53.6 Å². The van der Waals surface area contributed by atoms with Crippen LogP contribution in [0.1, 0.15) is 60.4 Å². The Labute approximate surface area is 372 Å². The van der Waals surface area contributed by atoms with Crippen molar-refractivity contribution < 1.29 is 63.9 Å². The summed E-state index contributed by atoms with van der Waals surface area (Å²) in [6.07, 6.45) is 6.64. The van der Waals surface area contributed by atoms with Gasteiger partial charge in [-0.05, 0) is 31.8 Å². The first kappa shape index (κ1) is 53.5. The van der Waals surface area contributed by atoms with Crippen LogP contribution in [0.3, 0.4) is 0 Å². The number of aromatic nitrogens is 4. The number of amides is 3. The van der Waals surface area contributed by atoms with E-state index < -0.39 is 95.6 Å². The molecule has 0 aliphatic rings. The molecule has 2 aromatic heterocycles. The number of ketones is 1. The van der Waals surface area contributed by atoms with Gasteiger partial charge in [-0.25, -0.2) is 9.97 Å². The number of aliphatic hydroxyl groups is 1. The van der Waals surface area contributed by atoms with Crippen LogP contribution in [-0.2, 0) is 38.4 Å². The maximum absolute atomic E-state index is 14.1. The molecule has 27 heteroatoms. The Bertz CT molecular complexity index is 1840. The SMILES string of the molecule is CSc1cnc(C(CC(=O)CC(SC[C@H](NC(O)CC[C@@H](N)C(=O)O)C(=O)NCC(=O)O)c2cnc(SC)cn2)SC[C@H](NC(=O)CC[C@H](N)C(=O)O)C(=O)NCC(=O)O)cn1. The molecular formula is C35H50N10O13S4. The van der Waals surface area contributed by atoms with Gasteiger partial charge < -0.3 is 53.0 Å². The fourth-order valence-electron chi connectivity index (χ4n) is 5.02. The average molecular weight is 947 g/mol. The lowest BCUT2D eigenvalue weighted by Crippen LogP contribution is -2.51. The summed E-state index contributed by atoms with van der Waals surface area (Å²) in [5, 5.41) is 56.3. The highest BCUT2D eigenvalue weighted by atomic mass is 32.2. The summed E-state index contributed by atoms with van der Waals surface area (Å²) in [6.45, 7) is -1.51. The van der Waals surface area contributed by atoms with Crippen molar-refractivity contribution in [2.24, 2.45) is 11.5 Å². The number of hydrogen-bond donors (Lipinski definition) is 11. The monoisotopic (exact) mass is 946 g/mol. The number of Topliss-reactive ketones (excluding diaryl/α,β-unsaturated/α-hetero) is 1. The van der Waals surface area contributed by atoms with Crippen molar-refractivity contribution in [1.29, 1.82) is 0 Å². The molecule has 0 fully saturated rings. The molecule has 0 saturated heterocycles. The summed E-state index contributed by atoms with van der Waals surface area (Å²) >= 11 is 4.74. The number of carbonyl (C=O) groups is 8. The van der Waals surface area contributed by atoms with E-state index in [1.54, 1.807) is 12.5 Å². The molecule has 13 N–H and O–H groups in total. The highest BCUT2D eigenvalue weighted by Gasteiger charge is 2.30. The topological polar surface area (TPSA) is 389 Å². The molecule has 0 aromatic carbocycles. The van der Waals surface area contributed by atoms with Crippen molar-refractivity contribution in [2.75, 3.05) is 37.1 Å². The maximum Gasteiger partial charge on any atom is 0.322 e. The minimum absolute atomic E-state index is 0.151. The Hall–Kier alpha value is -4.64. The van der Waals surface area contributed by atoms with E-state index in [1.165, 1.54) is 48.3 Å². The van der Waals surface area contributed by atoms with Crippen molar-refractivity contribution >= 4 is 94.4 Å². The van der Waals surface area contributed by atoms with E-state index in [0.717, 1.165) is 23.5 Å². The van der Waals surface area contributed by atoms with Gasteiger partial charge in [0.05, 0.1) is 52.7 Å². The summed E-state index contributed by atoms with van der Waals surface area (Å²) in [5.74, 6) is -8.43. The van der Waals surface area contributed by atoms with E-state index in [9.17, 15) is 43.5 Å². The summed E-state index contributed by atoms with van der Waals surface area (Å²) in [6, 6.07) is -5.23. The Balaban J connectivity index is 2.41. The standard InChI is InChI=1S/C35H50N10O13S4/c1-59-28-11-38-20(9-40-28)24(61-15-22(32(53)42-13-30(49)50)44-26(47)5-3-18(36)34(55)56)7-17(46)8-25(21-10-41-29(60-2)12-39-21)62-16-23(33(54)43-14-31(51)52)45-27(48)6-4-19(37)35(57)58/h9-12,18-19,22-26,44,47H,3-8,13-16,36-37H2,1-2H3,(H,42,53)(H,43,54)(H,45,48)(H,49,50)(H,51,52)(H,55,56)(H,57,58)/t18-,19+,22+,23+,24?,25?,26?/m1/s1. The number of nitrogens with zero attached hydrogens (tertiary/aromatic N) is 4. The second kappa shape index (κ2) is 28.1. The summed E-state index contributed by atoms with van der Waals surface area (Å²) in [4.78, 5) is 115. The smallest absolute Gasteiger partial charge is 0.322 e. The van der Waals surface area contributed by atoms with Crippen LogP contribution in [-0.4, -0.2) is 160 Å². The lowest BCUT2D eigenvalue weighted by Gasteiger charge is -2.25. The maximum atomic E-state index is 14.1. The molecule has 0 saturated carbocycles. The van der Waals surface area contributed by atoms with Gasteiger partial charge >= 0.3 is 23.9 Å². The molecule has 3 amide bonds. The fourth-order valence-corrected chi connectivity index (χ4v) is 8.18. The molecule has 0 bridgehead atoms. The first-order valence-corrected chi connectivity index (χ1v) is 23.0. The number of rotatable bonds is 31. The van der Waals surface area contributed by atoms with Crippen LogP contribution in [0.15, 0.2) is 34.8 Å². The van der Waals surface area contributed by atoms with Crippen molar-refractivity contribution in [3.05, 3.63) is 36.2 Å². The number of aliphatic carboxylic acids is 4. The summed E-state index contributed by atoms with van der Waals surface area (Å²) in [7, 11) is 0. The van der Waals surface area contributed by atoms with E-state index in [1.807, 2.05) is 0 Å². The van der Waals surface area contributed by atoms with Gasteiger partial charge in [0.15, 0.2) is 0 Å². The van der Waals surface area contributed by atoms with Crippen molar-refractivity contribution in [2.45, 2.75) is 89.5 Å². The van der Waals surface area contributed by atoms with Crippen molar-refractivity contribution in [3.8, 4) is 0 Å². The van der Waals surface area contributed by atoms with Crippen LogP contribution in [0, 0.1) is 0 Å². The van der Waals surface area contributed by atoms with E-state index in [-0.39, 0.29) is 55.8 Å². The molecule has 7 atom stereocenters.